The van der Waals surface area contributed by atoms with E-state index in [1.54, 1.807) is 6.07 Å². The van der Waals surface area contributed by atoms with Crippen molar-refractivity contribution in [3.63, 3.8) is 0 Å². The predicted molar refractivity (Wildman–Crippen MR) is 91.0 cm³/mol. The van der Waals surface area contributed by atoms with Gasteiger partial charge in [0.05, 0.1) is 12.2 Å². The number of hydrogen-bond acceptors (Lipinski definition) is 6. The van der Waals surface area contributed by atoms with Crippen LogP contribution in [0.1, 0.15) is 11.3 Å². The fourth-order valence-corrected chi connectivity index (χ4v) is 2.60. The van der Waals surface area contributed by atoms with Gasteiger partial charge in [0.25, 0.3) is 5.91 Å². The summed E-state index contributed by atoms with van der Waals surface area (Å²) < 4.78 is 5.48. The summed E-state index contributed by atoms with van der Waals surface area (Å²) in [7, 11) is 3.82. The van der Waals surface area contributed by atoms with Crippen LogP contribution >= 0.6 is 11.3 Å². The molecule has 1 aromatic carbocycles. The van der Waals surface area contributed by atoms with Crippen molar-refractivity contribution < 1.29 is 14.6 Å². The first-order valence-electron chi connectivity index (χ1n) is 7.23. The highest BCUT2D eigenvalue weighted by Gasteiger charge is 2.16. The number of benzene rings is 1. The molecule has 7 heteroatoms. The third-order valence-electron chi connectivity index (χ3n) is 3.16. The Labute approximate surface area is 139 Å². The summed E-state index contributed by atoms with van der Waals surface area (Å²) in [6.45, 7) is 2.10. The van der Waals surface area contributed by atoms with Crippen LogP contribution in [0.15, 0.2) is 29.6 Å². The van der Waals surface area contributed by atoms with Gasteiger partial charge in [0.1, 0.15) is 12.4 Å². The Kier molecular flexibility index (Phi) is 5.95. The number of para-hydroxylation sites is 1. The van der Waals surface area contributed by atoms with Gasteiger partial charge in [-0.1, -0.05) is 18.2 Å². The van der Waals surface area contributed by atoms with Gasteiger partial charge in [0.2, 0.25) is 0 Å². The highest BCUT2D eigenvalue weighted by Crippen LogP contribution is 2.18. The van der Waals surface area contributed by atoms with Gasteiger partial charge in [-0.25, -0.2) is 4.98 Å². The zero-order valence-electron chi connectivity index (χ0n) is 13.4. The third kappa shape index (κ3) is 4.94. The lowest BCUT2D eigenvalue weighted by Gasteiger charge is -2.13. The molecular formula is C16H21N3O3S. The van der Waals surface area contributed by atoms with Gasteiger partial charge in [0, 0.05) is 19.5 Å². The SMILES string of the molecule is Cc1ccccc1OC[C@H](O)C(=O)NCc1csc(N(C)C)n1. The first-order chi connectivity index (χ1) is 11.0. The van der Waals surface area contributed by atoms with Crippen LogP contribution in [0.2, 0.25) is 0 Å². The summed E-state index contributed by atoms with van der Waals surface area (Å²) in [5, 5.41) is 15.3. The zero-order valence-corrected chi connectivity index (χ0v) is 14.3. The van der Waals surface area contributed by atoms with E-state index in [0.717, 1.165) is 16.4 Å². The van der Waals surface area contributed by atoms with E-state index in [4.69, 9.17) is 4.74 Å². The number of thiazole rings is 1. The number of aromatic nitrogens is 1. The molecule has 124 valence electrons. The Morgan fingerprint density at radius 3 is 2.83 bits per heavy atom. The molecule has 1 atom stereocenters. The van der Waals surface area contributed by atoms with E-state index in [9.17, 15) is 9.90 Å². The highest BCUT2D eigenvalue weighted by atomic mass is 32.1. The molecule has 0 fully saturated rings. The van der Waals surface area contributed by atoms with E-state index in [-0.39, 0.29) is 13.2 Å². The lowest BCUT2D eigenvalue weighted by atomic mass is 10.2. The van der Waals surface area contributed by atoms with Crippen LogP contribution in [0.4, 0.5) is 5.13 Å². The van der Waals surface area contributed by atoms with Crippen molar-refractivity contribution in [2.24, 2.45) is 0 Å². The van der Waals surface area contributed by atoms with E-state index in [2.05, 4.69) is 10.3 Å². The van der Waals surface area contributed by atoms with Crippen LogP contribution in [0.5, 0.6) is 5.75 Å². The molecule has 0 saturated carbocycles. The maximum atomic E-state index is 11.9. The number of anilines is 1. The van der Waals surface area contributed by atoms with Crippen molar-refractivity contribution in [2.75, 3.05) is 25.6 Å². The number of carbonyl (C=O) groups excluding carboxylic acids is 1. The van der Waals surface area contributed by atoms with E-state index >= 15 is 0 Å². The fraction of sp³-hybridized carbons (Fsp3) is 0.375. The maximum Gasteiger partial charge on any atom is 0.252 e. The van der Waals surface area contributed by atoms with Crippen molar-refractivity contribution in [3.8, 4) is 5.75 Å². The van der Waals surface area contributed by atoms with Crippen LogP contribution in [-0.4, -0.2) is 42.8 Å². The van der Waals surface area contributed by atoms with E-state index in [0.29, 0.717) is 5.75 Å². The minimum atomic E-state index is -1.22. The highest BCUT2D eigenvalue weighted by molar-refractivity contribution is 7.13. The molecule has 23 heavy (non-hydrogen) atoms. The standard InChI is InChI=1S/C16H21N3O3S/c1-11-6-4-5-7-14(11)22-9-13(20)15(21)17-8-12-10-23-16(18-12)19(2)3/h4-7,10,13,20H,8-9H2,1-3H3,(H,17,21)/t13-/m0/s1. The molecule has 0 spiro atoms. The van der Waals surface area contributed by atoms with Crippen LogP contribution in [0.25, 0.3) is 0 Å². The molecule has 2 rings (SSSR count). The number of aryl methyl sites for hydroxylation is 1. The normalized spacial score (nSPS) is 11.8. The average Bonchev–Trinajstić information content (AvgIpc) is 3.00. The third-order valence-corrected chi connectivity index (χ3v) is 4.22. The summed E-state index contributed by atoms with van der Waals surface area (Å²) in [5.41, 5.74) is 1.72. The monoisotopic (exact) mass is 335 g/mol. The second-order valence-corrected chi connectivity index (χ2v) is 6.16. The average molecular weight is 335 g/mol. The molecule has 0 unspecified atom stereocenters. The van der Waals surface area contributed by atoms with Gasteiger partial charge >= 0.3 is 0 Å². The molecule has 1 heterocycles. The Bertz CT molecular complexity index is 658. The number of aliphatic hydroxyl groups excluding tert-OH is 1. The second kappa shape index (κ2) is 7.94. The lowest BCUT2D eigenvalue weighted by molar-refractivity contribution is -0.130. The van der Waals surface area contributed by atoms with Crippen LogP contribution < -0.4 is 15.0 Å². The summed E-state index contributed by atoms with van der Waals surface area (Å²) in [4.78, 5) is 18.2. The van der Waals surface area contributed by atoms with Crippen molar-refractivity contribution in [2.45, 2.75) is 19.6 Å². The predicted octanol–water partition coefficient (Wildman–Crippen LogP) is 1.57. The van der Waals surface area contributed by atoms with Crippen molar-refractivity contribution in [1.29, 1.82) is 0 Å². The molecule has 1 amide bonds. The molecule has 6 nitrogen and oxygen atoms in total. The van der Waals surface area contributed by atoms with Gasteiger partial charge in [0.15, 0.2) is 11.2 Å². The largest absolute Gasteiger partial charge is 0.490 e. The number of ether oxygens (including phenoxy) is 1. The van der Waals surface area contributed by atoms with Gasteiger partial charge in [-0.3, -0.25) is 4.79 Å². The second-order valence-electron chi connectivity index (χ2n) is 5.33. The molecule has 2 N–H and O–H groups in total. The van der Waals surface area contributed by atoms with Gasteiger partial charge in [-0.2, -0.15) is 0 Å². The Morgan fingerprint density at radius 1 is 1.43 bits per heavy atom. The number of aliphatic hydroxyl groups is 1. The molecule has 0 aliphatic carbocycles. The van der Waals surface area contributed by atoms with Gasteiger partial charge in [-0.05, 0) is 18.6 Å². The number of amides is 1. The number of hydrogen-bond donors (Lipinski definition) is 2. The van der Waals surface area contributed by atoms with Gasteiger partial charge < -0.3 is 20.1 Å². The summed E-state index contributed by atoms with van der Waals surface area (Å²) in [6, 6.07) is 7.46. The van der Waals surface area contributed by atoms with E-state index in [1.807, 2.05) is 49.5 Å². The Balaban J connectivity index is 1.79. The Hall–Kier alpha value is -2.12. The van der Waals surface area contributed by atoms with Gasteiger partial charge in [-0.15, -0.1) is 11.3 Å². The summed E-state index contributed by atoms with van der Waals surface area (Å²) in [5.74, 6) is 0.187. The molecule has 0 radical (unpaired) electrons. The number of rotatable bonds is 7. The van der Waals surface area contributed by atoms with Crippen LogP contribution in [0.3, 0.4) is 0 Å². The molecule has 1 aromatic heterocycles. The fourth-order valence-electron chi connectivity index (χ4n) is 1.84. The van der Waals surface area contributed by atoms with E-state index in [1.165, 1.54) is 11.3 Å². The minimum Gasteiger partial charge on any atom is -0.490 e. The lowest BCUT2D eigenvalue weighted by Crippen LogP contribution is -2.38. The first-order valence-corrected chi connectivity index (χ1v) is 8.11. The minimum absolute atomic E-state index is 0.0866. The molecule has 0 aliphatic heterocycles. The number of carbonyl (C=O) groups is 1. The smallest absolute Gasteiger partial charge is 0.252 e. The molecule has 2 aromatic rings. The molecule has 0 bridgehead atoms. The van der Waals surface area contributed by atoms with Crippen molar-refractivity contribution >= 4 is 22.4 Å². The topological polar surface area (TPSA) is 74.7 Å². The summed E-state index contributed by atoms with van der Waals surface area (Å²) >= 11 is 1.50. The van der Waals surface area contributed by atoms with Crippen molar-refractivity contribution in [1.82, 2.24) is 10.3 Å². The van der Waals surface area contributed by atoms with Crippen LogP contribution in [0, 0.1) is 6.92 Å². The van der Waals surface area contributed by atoms with Crippen molar-refractivity contribution in [3.05, 3.63) is 40.9 Å². The van der Waals surface area contributed by atoms with Crippen LogP contribution in [-0.2, 0) is 11.3 Å². The summed E-state index contributed by atoms with van der Waals surface area (Å²) in [6.07, 6.45) is -1.22. The number of nitrogens with zero attached hydrogens (tertiary/aromatic N) is 2. The molecule has 0 saturated heterocycles. The van der Waals surface area contributed by atoms with E-state index < -0.39 is 12.0 Å². The maximum absolute atomic E-state index is 11.9. The number of nitrogens with one attached hydrogen (secondary N) is 1. The first kappa shape index (κ1) is 17.2. The zero-order chi connectivity index (χ0) is 16.8. The molecular weight excluding hydrogens is 314 g/mol. The quantitative estimate of drug-likeness (QED) is 0.803. The molecule has 0 aliphatic rings. The Morgan fingerprint density at radius 2 is 2.17 bits per heavy atom.